The number of benzene rings is 2. The van der Waals surface area contributed by atoms with Gasteiger partial charge in [0.05, 0.1) is 19.8 Å². The van der Waals surface area contributed by atoms with Gasteiger partial charge in [0, 0.05) is 5.56 Å². The number of hydrogen-bond donors (Lipinski definition) is 0. The Labute approximate surface area is 152 Å². The minimum Gasteiger partial charge on any atom is -0.493 e. The van der Waals surface area contributed by atoms with Crippen molar-refractivity contribution in [2.75, 3.05) is 14.2 Å². The zero-order valence-corrected chi connectivity index (χ0v) is 14.3. The molecular formula is C19H14F3NO4. The first-order chi connectivity index (χ1) is 12.8. The van der Waals surface area contributed by atoms with Crippen molar-refractivity contribution >= 4 is 17.9 Å². The van der Waals surface area contributed by atoms with Crippen molar-refractivity contribution in [3.63, 3.8) is 0 Å². The van der Waals surface area contributed by atoms with Crippen LogP contribution in [0.1, 0.15) is 16.7 Å². The molecule has 0 aliphatic carbocycles. The second kappa shape index (κ2) is 7.14. The summed E-state index contributed by atoms with van der Waals surface area (Å²) in [5.41, 5.74) is 0.108. The van der Waals surface area contributed by atoms with E-state index in [2.05, 4.69) is 4.99 Å². The third-order valence-electron chi connectivity index (χ3n) is 3.79. The lowest BCUT2D eigenvalue weighted by Crippen LogP contribution is -2.06. The van der Waals surface area contributed by atoms with E-state index in [9.17, 15) is 18.0 Å². The fourth-order valence-corrected chi connectivity index (χ4v) is 2.43. The van der Waals surface area contributed by atoms with Gasteiger partial charge in [-0.2, -0.15) is 13.2 Å². The van der Waals surface area contributed by atoms with Crippen LogP contribution in [0.3, 0.4) is 0 Å². The van der Waals surface area contributed by atoms with E-state index in [1.54, 1.807) is 18.2 Å². The van der Waals surface area contributed by atoms with Gasteiger partial charge >= 0.3 is 12.1 Å². The fraction of sp³-hybridized carbons (Fsp3) is 0.158. The number of nitrogens with zero attached hydrogens (tertiary/aromatic N) is 1. The van der Waals surface area contributed by atoms with Crippen LogP contribution in [-0.4, -0.2) is 26.1 Å². The van der Waals surface area contributed by atoms with Gasteiger partial charge < -0.3 is 14.2 Å². The number of esters is 1. The Morgan fingerprint density at radius 1 is 1.00 bits per heavy atom. The smallest absolute Gasteiger partial charge is 0.416 e. The Morgan fingerprint density at radius 3 is 2.26 bits per heavy atom. The minimum atomic E-state index is -4.42. The van der Waals surface area contributed by atoms with Crippen molar-refractivity contribution in [2.24, 2.45) is 4.99 Å². The molecule has 27 heavy (non-hydrogen) atoms. The molecule has 0 aromatic heterocycles. The maximum Gasteiger partial charge on any atom is 0.416 e. The van der Waals surface area contributed by atoms with E-state index >= 15 is 0 Å². The van der Waals surface area contributed by atoms with Crippen LogP contribution < -0.4 is 9.47 Å². The molecule has 0 amide bonds. The summed E-state index contributed by atoms with van der Waals surface area (Å²) in [5, 5.41) is 0. The minimum absolute atomic E-state index is 0.0143. The average Bonchev–Trinajstić information content (AvgIpc) is 3.01. The Morgan fingerprint density at radius 2 is 1.67 bits per heavy atom. The summed E-state index contributed by atoms with van der Waals surface area (Å²) in [7, 11) is 2.97. The van der Waals surface area contributed by atoms with Crippen LogP contribution in [0.5, 0.6) is 11.5 Å². The van der Waals surface area contributed by atoms with Gasteiger partial charge in [-0.3, -0.25) is 0 Å². The predicted molar refractivity (Wildman–Crippen MR) is 91.6 cm³/mol. The molecule has 8 heteroatoms. The summed E-state index contributed by atoms with van der Waals surface area (Å²) in [6, 6.07) is 9.28. The summed E-state index contributed by atoms with van der Waals surface area (Å²) in [6.45, 7) is 0. The van der Waals surface area contributed by atoms with E-state index in [0.29, 0.717) is 22.6 Å². The molecule has 5 nitrogen and oxygen atoms in total. The molecule has 1 heterocycles. The lowest BCUT2D eigenvalue weighted by Gasteiger charge is -2.08. The van der Waals surface area contributed by atoms with E-state index in [-0.39, 0.29) is 11.6 Å². The van der Waals surface area contributed by atoms with Gasteiger partial charge in [0.1, 0.15) is 0 Å². The second-order valence-corrected chi connectivity index (χ2v) is 5.53. The Balaban J connectivity index is 1.89. The Kier molecular flexibility index (Phi) is 4.89. The molecule has 0 unspecified atom stereocenters. The highest BCUT2D eigenvalue weighted by molar-refractivity contribution is 6.13. The first-order valence-electron chi connectivity index (χ1n) is 7.74. The molecule has 0 fully saturated rings. The summed E-state index contributed by atoms with van der Waals surface area (Å²) in [5.74, 6) is 0.319. The third kappa shape index (κ3) is 3.94. The SMILES string of the molecule is COc1ccc(C2=N/C(=C/c3ccc(C(F)(F)F)cc3)C(=O)O2)cc1OC. The Bertz CT molecular complexity index is 931. The van der Waals surface area contributed by atoms with Crippen molar-refractivity contribution in [2.45, 2.75) is 6.18 Å². The molecule has 3 rings (SSSR count). The molecule has 2 aromatic carbocycles. The molecule has 0 spiro atoms. The average molecular weight is 377 g/mol. The van der Waals surface area contributed by atoms with Gasteiger partial charge in [-0.05, 0) is 42.0 Å². The van der Waals surface area contributed by atoms with Crippen LogP contribution in [-0.2, 0) is 15.7 Å². The molecular weight excluding hydrogens is 363 g/mol. The number of ether oxygens (including phenoxy) is 3. The van der Waals surface area contributed by atoms with Gasteiger partial charge in [0.2, 0.25) is 5.90 Å². The van der Waals surface area contributed by atoms with Crippen molar-refractivity contribution in [3.8, 4) is 11.5 Å². The number of carbonyl (C=O) groups is 1. The topological polar surface area (TPSA) is 57.1 Å². The molecule has 0 saturated heterocycles. The third-order valence-corrected chi connectivity index (χ3v) is 3.79. The Hall–Kier alpha value is -3.29. The molecule has 0 saturated carbocycles. The largest absolute Gasteiger partial charge is 0.493 e. The van der Waals surface area contributed by atoms with Crippen LogP contribution in [0.15, 0.2) is 53.2 Å². The molecule has 0 bridgehead atoms. The second-order valence-electron chi connectivity index (χ2n) is 5.53. The summed E-state index contributed by atoms with van der Waals surface area (Å²) in [4.78, 5) is 16.1. The number of halogens is 3. The zero-order valence-electron chi connectivity index (χ0n) is 14.3. The fourth-order valence-electron chi connectivity index (χ4n) is 2.43. The number of alkyl halides is 3. The summed E-state index contributed by atoms with van der Waals surface area (Å²) >= 11 is 0. The van der Waals surface area contributed by atoms with E-state index < -0.39 is 17.7 Å². The van der Waals surface area contributed by atoms with Crippen molar-refractivity contribution in [1.29, 1.82) is 0 Å². The first kappa shape index (κ1) is 18.5. The summed E-state index contributed by atoms with van der Waals surface area (Å²) in [6.07, 6.45) is -3.06. The van der Waals surface area contributed by atoms with E-state index in [1.807, 2.05) is 0 Å². The normalized spacial score (nSPS) is 15.5. The van der Waals surface area contributed by atoms with Gasteiger partial charge in [-0.25, -0.2) is 9.79 Å². The molecule has 2 aromatic rings. The van der Waals surface area contributed by atoms with Crippen LogP contribution in [0.2, 0.25) is 0 Å². The van der Waals surface area contributed by atoms with Crippen LogP contribution in [0.25, 0.3) is 6.08 Å². The monoisotopic (exact) mass is 377 g/mol. The van der Waals surface area contributed by atoms with Crippen LogP contribution in [0.4, 0.5) is 13.2 Å². The molecule has 1 aliphatic rings. The van der Waals surface area contributed by atoms with Crippen molar-refractivity contribution in [3.05, 3.63) is 64.9 Å². The summed E-state index contributed by atoms with van der Waals surface area (Å²) < 4.78 is 53.3. The molecule has 1 aliphatic heterocycles. The lowest BCUT2D eigenvalue weighted by atomic mass is 10.1. The predicted octanol–water partition coefficient (Wildman–Crippen LogP) is 4.07. The number of carbonyl (C=O) groups excluding carboxylic acids is 1. The number of aliphatic imine (C=N–C) groups is 1. The van der Waals surface area contributed by atoms with Crippen molar-refractivity contribution in [1.82, 2.24) is 0 Å². The molecule has 0 atom stereocenters. The van der Waals surface area contributed by atoms with Gasteiger partial charge in [-0.15, -0.1) is 0 Å². The van der Waals surface area contributed by atoms with Crippen molar-refractivity contribution < 1.29 is 32.2 Å². The van der Waals surface area contributed by atoms with Crippen LogP contribution in [0, 0.1) is 0 Å². The highest BCUT2D eigenvalue weighted by Crippen LogP contribution is 2.31. The lowest BCUT2D eigenvalue weighted by molar-refractivity contribution is -0.137. The van der Waals surface area contributed by atoms with E-state index in [0.717, 1.165) is 12.1 Å². The highest BCUT2D eigenvalue weighted by atomic mass is 19.4. The van der Waals surface area contributed by atoms with Gasteiger partial charge in [-0.1, -0.05) is 12.1 Å². The number of cyclic esters (lactones) is 1. The number of rotatable bonds is 4. The quantitative estimate of drug-likeness (QED) is 0.595. The standard InChI is InChI=1S/C19H14F3NO4/c1-25-15-8-5-12(10-16(15)26-2)17-23-14(18(24)27-17)9-11-3-6-13(7-4-11)19(20,21)22/h3-10H,1-2H3/b14-9+. The van der Waals surface area contributed by atoms with E-state index in [4.69, 9.17) is 14.2 Å². The van der Waals surface area contributed by atoms with Gasteiger partial charge in [0.25, 0.3) is 0 Å². The molecule has 140 valence electrons. The van der Waals surface area contributed by atoms with Crippen LogP contribution >= 0.6 is 0 Å². The zero-order chi connectivity index (χ0) is 19.6. The molecule has 0 N–H and O–H groups in total. The van der Waals surface area contributed by atoms with E-state index in [1.165, 1.54) is 32.4 Å². The maximum atomic E-state index is 12.6. The molecule has 0 radical (unpaired) electrons. The maximum absolute atomic E-state index is 12.6. The van der Waals surface area contributed by atoms with Gasteiger partial charge in [0.15, 0.2) is 17.2 Å². The number of methoxy groups -OCH3 is 2. The first-order valence-corrected chi connectivity index (χ1v) is 7.74. The number of hydrogen-bond acceptors (Lipinski definition) is 5. The highest BCUT2D eigenvalue weighted by Gasteiger charge is 2.30.